The number of carbonyl (C=O) groups is 2. The number of aromatic nitrogens is 1. The molecule has 2 saturated heterocycles. The summed E-state index contributed by atoms with van der Waals surface area (Å²) in [7, 11) is 1.80. The standard InChI is InChI=1S/C21H30N4O2/c1-24-18(19(26)23-17-4-2-3-5-17)14-21(20(24)27)8-12-25(13-9-21)15-16-6-10-22-11-7-16/h6-7,10-11,17-18H,2-5,8-9,12-15H2,1H3,(H,23,26)/t18-/m0/s1. The quantitative estimate of drug-likeness (QED) is 0.880. The van der Waals surface area contributed by atoms with Gasteiger partial charge in [-0.3, -0.25) is 19.5 Å². The van der Waals surface area contributed by atoms with E-state index in [0.717, 1.165) is 45.3 Å². The van der Waals surface area contributed by atoms with Crippen molar-refractivity contribution in [1.82, 2.24) is 20.1 Å². The van der Waals surface area contributed by atoms with Gasteiger partial charge in [-0.05, 0) is 62.9 Å². The highest BCUT2D eigenvalue weighted by Gasteiger charge is 2.53. The van der Waals surface area contributed by atoms with E-state index in [1.165, 1.54) is 18.4 Å². The number of nitrogens with zero attached hydrogens (tertiary/aromatic N) is 3. The third kappa shape index (κ3) is 3.72. The molecule has 2 amide bonds. The molecule has 0 radical (unpaired) electrons. The van der Waals surface area contributed by atoms with Gasteiger partial charge in [0.05, 0.1) is 5.41 Å². The molecule has 146 valence electrons. The van der Waals surface area contributed by atoms with Gasteiger partial charge in [0, 0.05) is 32.0 Å². The van der Waals surface area contributed by atoms with E-state index in [9.17, 15) is 9.59 Å². The van der Waals surface area contributed by atoms with Crippen LogP contribution in [0.3, 0.4) is 0 Å². The number of hydrogen-bond acceptors (Lipinski definition) is 4. The Morgan fingerprint density at radius 1 is 1.22 bits per heavy atom. The van der Waals surface area contributed by atoms with Crippen LogP contribution in [0.1, 0.15) is 50.5 Å². The molecule has 2 aliphatic heterocycles. The molecule has 0 bridgehead atoms. The van der Waals surface area contributed by atoms with Crippen molar-refractivity contribution in [3.05, 3.63) is 30.1 Å². The molecular formula is C21H30N4O2. The molecule has 1 N–H and O–H groups in total. The normalized spacial score (nSPS) is 26.0. The molecule has 1 atom stereocenters. The van der Waals surface area contributed by atoms with Crippen LogP contribution in [0.15, 0.2) is 24.5 Å². The lowest BCUT2D eigenvalue weighted by molar-refractivity contribution is -0.140. The highest BCUT2D eigenvalue weighted by molar-refractivity contribution is 5.94. The smallest absolute Gasteiger partial charge is 0.243 e. The lowest BCUT2D eigenvalue weighted by Crippen LogP contribution is -2.46. The largest absolute Gasteiger partial charge is 0.352 e. The van der Waals surface area contributed by atoms with E-state index in [2.05, 4.69) is 15.2 Å². The fourth-order valence-electron chi connectivity index (χ4n) is 5.05. The molecule has 1 saturated carbocycles. The Balaban J connectivity index is 1.36. The van der Waals surface area contributed by atoms with E-state index in [4.69, 9.17) is 0 Å². The zero-order chi connectivity index (χ0) is 18.9. The van der Waals surface area contributed by atoms with E-state index in [1.807, 2.05) is 24.5 Å². The molecular weight excluding hydrogens is 340 g/mol. The Morgan fingerprint density at radius 2 is 1.89 bits per heavy atom. The van der Waals surface area contributed by atoms with Gasteiger partial charge < -0.3 is 10.2 Å². The number of piperidine rings is 1. The Kier molecular flexibility index (Phi) is 5.17. The Morgan fingerprint density at radius 3 is 2.56 bits per heavy atom. The fourth-order valence-corrected chi connectivity index (χ4v) is 5.05. The predicted molar refractivity (Wildman–Crippen MR) is 103 cm³/mol. The van der Waals surface area contributed by atoms with E-state index in [1.54, 1.807) is 11.9 Å². The second-order valence-corrected chi connectivity index (χ2v) is 8.54. The van der Waals surface area contributed by atoms with Crippen LogP contribution in [-0.2, 0) is 16.1 Å². The molecule has 4 rings (SSSR count). The minimum atomic E-state index is -0.346. The minimum Gasteiger partial charge on any atom is -0.352 e. The van der Waals surface area contributed by atoms with Crippen LogP contribution in [0, 0.1) is 5.41 Å². The molecule has 1 spiro atoms. The molecule has 1 aliphatic carbocycles. The predicted octanol–water partition coefficient (Wildman–Crippen LogP) is 1.95. The Labute approximate surface area is 161 Å². The molecule has 3 fully saturated rings. The maximum Gasteiger partial charge on any atom is 0.243 e. The zero-order valence-electron chi connectivity index (χ0n) is 16.2. The van der Waals surface area contributed by atoms with Crippen molar-refractivity contribution in [2.24, 2.45) is 5.41 Å². The summed E-state index contributed by atoms with van der Waals surface area (Å²) in [5, 5.41) is 3.19. The number of likely N-dealkylation sites (N-methyl/N-ethyl adjacent to an activating group) is 1. The van der Waals surface area contributed by atoms with Gasteiger partial charge in [0.15, 0.2) is 0 Å². The molecule has 0 aromatic carbocycles. The molecule has 0 unspecified atom stereocenters. The number of pyridine rings is 1. The fraction of sp³-hybridized carbons (Fsp3) is 0.667. The van der Waals surface area contributed by atoms with Gasteiger partial charge in [0.1, 0.15) is 6.04 Å². The highest BCUT2D eigenvalue weighted by Crippen LogP contribution is 2.44. The van der Waals surface area contributed by atoms with E-state index in [0.29, 0.717) is 12.5 Å². The molecule has 1 aromatic heterocycles. The molecule has 27 heavy (non-hydrogen) atoms. The van der Waals surface area contributed by atoms with Crippen LogP contribution in [0.5, 0.6) is 0 Å². The van der Waals surface area contributed by atoms with Crippen LogP contribution in [0.2, 0.25) is 0 Å². The topological polar surface area (TPSA) is 65.5 Å². The summed E-state index contributed by atoms with van der Waals surface area (Å²) in [6.07, 6.45) is 10.5. The summed E-state index contributed by atoms with van der Waals surface area (Å²) < 4.78 is 0. The molecule has 1 aromatic rings. The average molecular weight is 370 g/mol. The van der Waals surface area contributed by atoms with E-state index >= 15 is 0 Å². The number of amides is 2. The first-order chi connectivity index (χ1) is 13.1. The second kappa shape index (κ2) is 7.58. The lowest BCUT2D eigenvalue weighted by Gasteiger charge is -2.37. The van der Waals surface area contributed by atoms with Crippen LogP contribution in [-0.4, -0.2) is 58.8 Å². The maximum absolute atomic E-state index is 13.0. The van der Waals surface area contributed by atoms with Gasteiger partial charge in [-0.25, -0.2) is 0 Å². The Hall–Kier alpha value is -1.95. The number of likely N-dealkylation sites (tertiary alicyclic amines) is 2. The van der Waals surface area contributed by atoms with Crippen molar-refractivity contribution in [1.29, 1.82) is 0 Å². The third-order valence-electron chi connectivity index (χ3n) is 6.80. The maximum atomic E-state index is 13.0. The number of nitrogens with one attached hydrogen (secondary N) is 1. The lowest BCUT2D eigenvalue weighted by atomic mass is 9.76. The average Bonchev–Trinajstić information content (AvgIpc) is 3.27. The summed E-state index contributed by atoms with van der Waals surface area (Å²) in [5.41, 5.74) is 0.908. The van der Waals surface area contributed by atoms with Crippen LogP contribution < -0.4 is 5.32 Å². The number of hydrogen-bond donors (Lipinski definition) is 1. The van der Waals surface area contributed by atoms with Gasteiger partial charge in [-0.15, -0.1) is 0 Å². The van der Waals surface area contributed by atoms with Crippen LogP contribution in [0.25, 0.3) is 0 Å². The molecule has 6 nitrogen and oxygen atoms in total. The molecule has 3 aliphatic rings. The van der Waals surface area contributed by atoms with Crippen molar-refractivity contribution in [3.8, 4) is 0 Å². The van der Waals surface area contributed by atoms with Crippen molar-refractivity contribution in [2.75, 3.05) is 20.1 Å². The Bertz CT molecular complexity index is 679. The van der Waals surface area contributed by atoms with Gasteiger partial charge in [-0.1, -0.05) is 12.8 Å². The monoisotopic (exact) mass is 370 g/mol. The summed E-state index contributed by atoms with van der Waals surface area (Å²) in [4.78, 5) is 34.0. The number of rotatable bonds is 4. The summed E-state index contributed by atoms with van der Waals surface area (Å²) >= 11 is 0. The van der Waals surface area contributed by atoms with Gasteiger partial charge in [-0.2, -0.15) is 0 Å². The van der Waals surface area contributed by atoms with Crippen LogP contribution >= 0.6 is 0 Å². The van der Waals surface area contributed by atoms with Gasteiger partial charge in [0.2, 0.25) is 11.8 Å². The van der Waals surface area contributed by atoms with E-state index in [-0.39, 0.29) is 23.3 Å². The van der Waals surface area contributed by atoms with E-state index < -0.39 is 0 Å². The SMILES string of the molecule is CN1C(=O)C2(CCN(Cc3ccncc3)CC2)C[C@H]1C(=O)NC1CCCC1. The van der Waals surface area contributed by atoms with Crippen molar-refractivity contribution >= 4 is 11.8 Å². The first kappa shape index (κ1) is 18.4. The third-order valence-corrected chi connectivity index (χ3v) is 6.80. The van der Waals surface area contributed by atoms with Gasteiger partial charge >= 0.3 is 0 Å². The first-order valence-electron chi connectivity index (χ1n) is 10.3. The van der Waals surface area contributed by atoms with Crippen molar-refractivity contribution < 1.29 is 9.59 Å². The van der Waals surface area contributed by atoms with Gasteiger partial charge in [0.25, 0.3) is 0 Å². The number of carbonyl (C=O) groups excluding carboxylic acids is 2. The highest BCUT2D eigenvalue weighted by atomic mass is 16.2. The summed E-state index contributed by atoms with van der Waals surface area (Å²) in [5.74, 6) is 0.214. The first-order valence-corrected chi connectivity index (χ1v) is 10.3. The summed E-state index contributed by atoms with van der Waals surface area (Å²) in [6.45, 7) is 2.70. The van der Waals surface area contributed by atoms with Crippen molar-refractivity contribution in [3.63, 3.8) is 0 Å². The summed E-state index contributed by atoms with van der Waals surface area (Å²) in [6, 6.07) is 4.09. The minimum absolute atomic E-state index is 0.0499. The van der Waals surface area contributed by atoms with Crippen LogP contribution in [0.4, 0.5) is 0 Å². The second-order valence-electron chi connectivity index (χ2n) is 8.54. The van der Waals surface area contributed by atoms with Crippen molar-refractivity contribution in [2.45, 2.75) is 63.6 Å². The zero-order valence-corrected chi connectivity index (χ0v) is 16.2. The molecule has 6 heteroatoms. The molecule has 3 heterocycles.